The fourth-order valence-electron chi connectivity index (χ4n) is 2.44. The van der Waals surface area contributed by atoms with Gasteiger partial charge in [0, 0.05) is 20.6 Å². The summed E-state index contributed by atoms with van der Waals surface area (Å²) in [6.45, 7) is 0. The fraction of sp³-hybridized carbons (Fsp3) is 0. The Kier molecular flexibility index (Phi) is 5.02. The summed E-state index contributed by atoms with van der Waals surface area (Å²) in [4.78, 5) is 17.5. The van der Waals surface area contributed by atoms with Crippen LogP contribution in [0.25, 0.3) is 23.2 Å². The molecule has 0 spiro atoms. The molecule has 4 rings (SSSR count). The first-order valence-corrected chi connectivity index (χ1v) is 9.75. The van der Waals surface area contributed by atoms with Crippen LogP contribution in [0.5, 0.6) is 0 Å². The predicted octanol–water partition coefficient (Wildman–Crippen LogP) is 4.83. The molecule has 0 unspecified atom stereocenters. The van der Waals surface area contributed by atoms with Crippen LogP contribution in [0.3, 0.4) is 0 Å². The van der Waals surface area contributed by atoms with Crippen LogP contribution in [0, 0.1) is 0 Å². The lowest BCUT2D eigenvalue weighted by Crippen LogP contribution is -2.23. The van der Waals surface area contributed by atoms with E-state index >= 15 is 0 Å². The molecule has 0 saturated carbocycles. The normalized spacial score (nSPS) is 12.5. The van der Waals surface area contributed by atoms with Gasteiger partial charge in [-0.3, -0.25) is 4.79 Å². The predicted molar refractivity (Wildman–Crippen MR) is 113 cm³/mol. The van der Waals surface area contributed by atoms with E-state index in [-0.39, 0.29) is 5.56 Å². The maximum Gasteiger partial charge on any atom is 0.291 e. The van der Waals surface area contributed by atoms with Crippen molar-refractivity contribution >= 4 is 69.3 Å². The van der Waals surface area contributed by atoms with E-state index in [0.29, 0.717) is 35.9 Å². The summed E-state index contributed by atoms with van der Waals surface area (Å²) in [6.07, 6.45) is 5.27. The van der Waals surface area contributed by atoms with Crippen LogP contribution in [0.1, 0.15) is 17.0 Å². The molecule has 4 nitrogen and oxygen atoms in total. The second-order valence-corrected chi connectivity index (χ2v) is 7.86. The smallest absolute Gasteiger partial charge is 0.266 e. The van der Waals surface area contributed by atoms with Crippen molar-refractivity contribution in [1.29, 1.82) is 0 Å². The number of halogens is 3. The van der Waals surface area contributed by atoms with Crippen molar-refractivity contribution in [1.82, 2.24) is 14.6 Å². The van der Waals surface area contributed by atoms with Gasteiger partial charge in [0.25, 0.3) is 5.56 Å². The molecule has 0 radical (unpaired) electrons. The molecule has 4 aromatic rings. The SMILES string of the molecule is O=c1/c(=C/c2c(Cl)cccc2Cl)sc2nc(/C=C/c3ccc(Cl)cc3)nn12. The van der Waals surface area contributed by atoms with Gasteiger partial charge < -0.3 is 0 Å². The molecule has 27 heavy (non-hydrogen) atoms. The monoisotopic (exact) mass is 433 g/mol. The number of fused-ring (bicyclic) bond motifs is 1. The highest BCUT2D eigenvalue weighted by Gasteiger charge is 2.10. The van der Waals surface area contributed by atoms with Crippen molar-refractivity contribution in [2.24, 2.45) is 0 Å². The average molecular weight is 435 g/mol. The van der Waals surface area contributed by atoms with Crippen LogP contribution in [-0.4, -0.2) is 14.6 Å². The Morgan fingerprint density at radius 1 is 0.963 bits per heavy atom. The lowest BCUT2D eigenvalue weighted by molar-refractivity contribution is 0.925. The molecule has 0 N–H and O–H groups in total. The van der Waals surface area contributed by atoms with Crippen molar-refractivity contribution in [3.05, 3.63) is 89.4 Å². The molecule has 0 aliphatic heterocycles. The van der Waals surface area contributed by atoms with E-state index in [0.717, 1.165) is 5.56 Å². The van der Waals surface area contributed by atoms with Crippen molar-refractivity contribution in [3.63, 3.8) is 0 Å². The molecule has 0 fully saturated rings. The first-order valence-electron chi connectivity index (χ1n) is 7.80. The number of aromatic nitrogens is 3. The standard InChI is InChI=1S/C19H10Cl3N3OS/c20-12-7-4-11(5-8-12)6-9-17-23-19-25(24-17)18(26)16(27-19)10-13-14(21)2-1-3-15(13)22/h1-10H/b9-6+,16-10-. The summed E-state index contributed by atoms with van der Waals surface area (Å²) < 4.78 is 1.75. The largest absolute Gasteiger partial charge is 0.291 e. The zero-order valence-electron chi connectivity index (χ0n) is 13.6. The number of hydrogen-bond donors (Lipinski definition) is 0. The first kappa shape index (κ1) is 18.2. The summed E-state index contributed by atoms with van der Waals surface area (Å²) in [6, 6.07) is 12.6. The Labute approximate surface area is 172 Å². The molecule has 2 aromatic carbocycles. The zero-order chi connectivity index (χ0) is 19.0. The van der Waals surface area contributed by atoms with Crippen molar-refractivity contribution in [3.8, 4) is 0 Å². The number of thiazole rings is 1. The van der Waals surface area contributed by atoms with Crippen molar-refractivity contribution in [2.75, 3.05) is 0 Å². The topological polar surface area (TPSA) is 47.3 Å². The molecule has 2 heterocycles. The highest BCUT2D eigenvalue weighted by molar-refractivity contribution is 7.15. The summed E-state index contributed by atoms with van der Waals surface area (Å²) in [7, 11) is 0. The lowest BCUT2D eigenvalue weighted by Gasteiger charge is -1.99. The minimum Gasteiger partial charge on any atom is -0.266 e. The summed E-state index contributed by atoms with van der Waals surface area (Å²) in [5.74, 6) is 0.454. The molecule has 134 valence electrons. The van der Waals surface area contributed by atoms with Gasteiger partial charge in [-0.1, -0.05) is 70.4 Å². The third-order valence-electron chi connectivity index (χ3n) is 3.77. The minimum atomic E-state index is -0.260. The number of rotatable bonds is 3. The van der Waals surface area contributed by atoms with E-state index in [1.54, 1.807) is 42.5 Å². The van der Waals surface area contributed by atoms with Crippen molar-refractivity contribution in [2.45, 2.75) is 0 Å². The van der Waals surface area contributed by atoms with Crippen LogP contribution in [0.2, 0.25) is 15.1 Å². The molecular weight excluding hydrogens is 425 g/mol. The molecule has 0 bridgehead atoms. The van der Waals surface area contributed by atoms with Gasteiger partial charge in [-0.15, -0.1) is 5.10 Å². The van der Waals surface area contributed by atoms with E-state index in [4.69, 9.17) is 34.8 Å². The third-order valence-corrected chi connectivity index (χ3v) is 5.64. The van der Waals surface area contributed by atoms with Gasteiger partial charge in [-0.05, 0) is 42.0 Å². The molecule has 2 aromatic heterocycles. The van der Waals surface area contributed by atoms with E-state index < -0.39 is 0 Å². The Balaban J connectivity index is 1.71. The maximum atomic E-state index is 12.6. The highest BCUT2D eigenvalue weighted by atomic mass is 35.5. The van der Waals surface area contributed by atoms with Gasteiger partial charge in [0.2, 0.25) is 4.96 Å². The molecule has 0 saturated heterocycles. The Morgan fingerprint density at radius 3 is 2.33 bits per heavy atom. The Morgan fingerprint density at radius 2 is 1.67 bits per heavy atom. The minimum absolute atomic E-state index is 0.260. The van der Waals surface area contributed by atoms with E-state index in [2.05, 4.69) is 10.1 Å². The second kappa shape index (κ2) is 7.44. The lowest BCUT2D eigenvalue weighted by atomic mass is 10.2. The summed E-state index contributed by atoms with van der Waals surface area (Å²) in [5.41, 5.74) is 1.30. The van der Waals surface area contributed by atoms with Crippen LogP contribution in [-0.2, 0) is 0 Å². The molecule has 0 aliphatic rings. The van der Waals surface area contributed by atoms with E-state index in [9.17, 15) is 4.79 Å². The fourth-order valence-corrected chi connectivity index (χ4v) is 3.97. The summed E-state index contributed by atoms with van der Waals surface area (Å²) >= 11 is 19.4. The van der Waals surface area contributed by atoms with Gasteiger partial charge in [-0.25, -0.2) is 0 Å². The average Bonchev–Trinajstić information content (AvgIpc) is 3.17. The second-order valence-electron chi connectivity index (χ2n) is 5.60. The number of benzene rings is 2. The summed E-state index contributed by atoms with van der Waals surface area (Å²) in [5, 5.41) is 5.89. The van der Waals surface area contributed by atoms with Crippen LogP contribution >= 0.6 is 46.1 Å². The maximum absolute atomic E-state index is 12.6. The Hall–Kier alpha value is -2.18. The molecule has 8 heteroatoms. The first-order chi connectivity index (χ1) is 13.0. The number of hydrogen-bond acceptors (Lipinski definition) is 4. The van der Waals surface area contributed by atoms with Crippen molar-refractivity contribution < 1.29 is 0 Å². The van der Waals surface area contributed by atoms with Crippen LogP contribution in [0.4, 0.5) is 0 Å². The van der Waals surface area contributed by atoms with Crippen LogP contribution in [0.15, 0.2) is 47.3 Å². The van der Waals surface area contributed by atoms with Gasteiger partial charge in [0.1, 0.15) is 0 Å². The van der Waals surface area contributed by atoms with Crippen LogP contribution < -0.4 is 10.1 Å². The van der Waals surface area contributed by atoms with E-state index in [1.807, 2.05) is 18.2 Å². The molecule has 0 amide bonds. The van der Waals surface area contributed by atoms with Gasteiger partial charge in [-0.2, -0.15) is 9.50 Å². The quantitative estimate of drug-likeness (QED) is 0.464. The molecule has 0 aliphatic carbocycles. The molecule has 0 atom stereocenters. The van der Waals surface area contributed by atoms with Gasteiger partial charge in [0.05, 0.1) is 4.53 Å². The van der Waals surface area contributed by atoms with E-state index in [1.165, 1.54) is 15.9 Å². The van der Waals surface area contributed by atoms with Gasteiger partial charge >= 0.3 is 0 Å². The Bertz CT molecular complexity index is 1260. The number of nitrogens with zero attached hydrogens (tertiary/aromatic N) is 3. The van der Waals surface area contributed by atoms with Gasteiger partial charge in [0.15, 0.2) is 5.82 Å². The zero-order valence-corrected chi connectivity index (χ0v) is 16.6. The molecular formula is C19H10Cl3N3OS. The highest BCUT2D eigenvalue weighted by Crippen LogP contribution is 2.24. The third kappa shape index (κ3) is 3.77.